The topological polar surface area (TPSA) is 73.0 Å². The highest BCUT2D eigenvalue weighted by molar-refractivity contribution is 6.17. The molecule has 1 aromatic carbocycles. The number of carbonyl (C=O) groups is 3. The van der Waals surface area contributed by atoms with Gasteiger partial charge in [0.15, 0.2) is 5.92 Å². The van der Waals surface area contributed by atoms with Crippen LogP contribution in [-0.2, 0) is 16.1 Å². The normalized spacial score (nSPS) is 20.8. The Morgan fingerprint density at radius 1 is 1.04 bits per heavy atom. The fourth-order valence-corrected chi connectivity index (χ4v) is 3.82. The summed E-state index contributed by atoms with van der Waals surface area (Å²) in [7, 11) is 2.83. The van der Waals surface area contributed by atoms with Gasteiger partial charge in [0.05, 0.1) is 0 Å². The largest absolute Gasteiger partial charge is 0.385 e. The van der Waals surface area contributed by atoms with Crippen LogP contribution in [0.3, 0.4) is 0 Å². The van der Waals surface area contributed by atoms with E-state index in [-0.39, 0.29) is 6.04 Å². The summed E-state index contributed by atoms with van der Waals surface area (Å²) in [6.45, 7) is 4.65. The van der Waals surface area contributed by atoms with Gasteiger partial charge in [-0.1, -0.05) is 36.4 Å². The van der Waals surface area contributed by atoms with Crippen molar-refractivity contribution in [2.24, 2.45) is 5.92 Å². The number of benzene rings is 1. The summed E-state index contributed by atoms with van der Waals surface area (Å²) in [4.78, 5) is 41.5. The van der Waals surface area contributed by atoms with Crippen LogP contribution in [0.4, 0.5) is 4.79 Å². The van der Waals surface area contributed by atoms with E-state index < -0.39 is 23.8 Å². The molecule has 2 fully saturated rings. The number of barbiturate groups is 1. The number of likely N-dealkylation sites (tertiary alicyclic amines) is 1. The Morgan fingerprint density at radius 2 is 1.61 bits per heavy atom. The Balaban J connectivity index is 1.59. The molecular formula is C21H28N4O3. The number of carbonyl (C=O) groups excluding carboxylic acids is 3. The number of nitrogens with one attached hydrogen (secondary N) is 1. The standard InChI is InChI=1S/C21H28N4O3/c1-4-17(18-19(26)23(2)21(28)24(3)20(18)27)22-16-10-12-25(13-11-16)14-15-8-6-5-7-9-15/h4-9,16,18,22H,10-14H2,1-3H3/b17-4-. The molecule has 150 valence electrons. The van der Waals surface area contributed by atoms with Crippen LogP contribution in [0.15, 0.2) is 42.1 Å². The molecule has 2 saturated heterocycles. The molecule has 0 unspecified atom stereocenters. The lowest BCUT2D eigenvalue weighted by Gasteiger charge is -2.37. The molecule has 0 aromatic heterocycles. The van der Waals surface area contributed by atoms with Crippen LogP contribution in [0.25, 0.3) is 0 Å². The van der Waals surface area contributed by atoms with Crippen LogP contribution >= 0.6 is 0 Å². The van der Waals surface area contributed by atoms with E-state index in [4.69, 9.17) is 0 Å². The van der Waals surface area contributed by atoms with Gasteiger partial charge < -0.3 is 5.32 Å². The highest BCUT2D eigenvalue weighted by Gasteiger charge is 2.44. The highest BCUT2D eigenvalue weighted by Crippen LogP contribution is 2.23. The molecule has 0 radical (unpaired) electrons. The van der Waals surface area contributed by atoms with Crippen LogP contribution in [0.5, 0.6) is 0 Å². The zero-order valence-electron chi connectivity index (χ0n) is 16.7. The van der Waals surface area contributed by atoms with E-state index in [2.05, 4.69) is 34.5 Å². The molecule has 28 heavy (non-hydrogen) atoms. The fourth-order valence-electron chi connectivity index (χ4n) is 3.82. The van der Waals surface area contributed by atoms with Crippen LogP contribution in [0, 0.1) is 5.92 Å². The van der Waals surface area contributed by atoms with Gasteiger partial charge in [-0.15, -0.1) is 0 Å². The predicted octanol–water partition coefficient (Wildman–Crippen LogP) is 1.81. The first kappa shape index (κ1) is 20.1. The lowest BCUT2D eigenvalue weighted by molar-refractivity contribution is -0.145. The molecule has 0 aliphatic carbocycles. The number of hydrogen-bond donors (Lipinski definition) is 1. The maximum Gasteiger partial charge on any atom is 0.332 e. The van der Waals surface area contributed by atoms with Crippen molar-refractivity contribution >= 4 is 17.8 Å². The number of urea groups is 1. The van der Waals surface area contributed by atoms with Gasteiger partial charge in [-0.3, -0.25) is 24.3 Å². The highest BCUT2D eigenvalue weighted by atomic mass is 16.2. The Morgan fingerprint density at radius 3 is 2.14 bits per heavy atom. The van der Waals surface area contributed by atoms with Gasteiger partial charge in [0.25, 0.3) is 0 Å². The van der Waals surface area contributed by atoms with E-state index in [1.165, 1.54) is 19.7 Å². The first-order chi connectivity index (χ1) is 13.4. The van der Waals surface area contributed by atoms with E-state index >= 15 is 0 Å². The van der Waals surface area contributed by atoms with E-state index in [1.807, 2.05) is 13.0 Å². The van der Waals surface area contributed by atoms with Crippen molar-refractivity contribution in [2.45, 2.75) is 32.4 Å². The molecule has 1 N–H and O–H groups in total. The summed E-state index contributed by atoms with van der Waals surface area (Å²) in [6, 6.07) is 10.0. The zero-order chi connectivity index (χ0) is 20.3. The van der Waals surface area contributed by atoms with Crippen LogP contribution in [0.1, 0.15) is 25.3 Å². The minimum Gasteiger partial charge on any atom is -0.385 e. The molecule has 0 bridgehead atoms. The number of piperidine rings is 1. The van der Waals surface area contributed by atoms with Gasteiger partial charge in [-0.25, -0.2) is 4.79 Å². The number of nitrogens with zero attached hydrogens (tertiary/aromatic N) is 3. The second-order valence-corrected chi connectivity index (χ2v) is 7.43. The van der Waals surface area contributed by atoms with Crippen LogP contribution < -0.4 is 5.32 Å². The Kier molecular flexibility index (Phi) is 6.14. The summed E-state index contributed by atoms with van der Waals surface area (Å²) < 4.78 is 0. The van der Waals surface area contributed by atoms with Gasteiger partial charge in [0, 0.05) is 45.5 Å². The van der Waals surface area contributed by atoms with Crippen molar-refractivity contribution in [3.63, 3.8) is 0 Å². The molecule has 2 aliphatic rings. The molecule has 0 atom stereocenters. The Hall–Kier alpha value is -2.67. The second-order valence-electron chi connectivity index (χ2n) is 7.43. The van der Waals surface area contributed by atoms with Gasteiger partial charge >= 0.3 is 6.03 Å². The van der Waals surface area contributed by atoms with Crippen molar-refractivity contribution in [1.29, 1.82) is 0 Å². The first-order valence-electron chi connectivity index (χ1n) is 9.70. The van der Waals surface area contributed by atoms with E-state index in [0.717, 1.165) is 42.3 Å². The number of amides is 4. The third-order valence-corrected chi connectivity index (χ3v) is 5.56. The molecule has 4 amide bonds. The minimum atomic E-state index is -0.972. The summed E-state index contributed by atoms with van der Waals surface area (Å²) in [6.07, 6.45) is 3.64. The summed E-state index contributed by atoms with van der Waals surface area (Å²) in [5.74, 6) is -1.93. The third kappa shape index (κ3) is 4.09. The maximum absolute atomic E-state index is 12.6. The zero-order valence-corrected chi connectivity index (χ0v) is 16.7. The van der Waals surface area contributed by atoms with Crippen molar-refractivity contribution in [2.75, 3.05) is 27.2 Å². The quantitative estimate of drug-likeness (QED) is 0.784. The second kappa shape index (κ2) is 8.56. The lowest BCUT2D eigenvalue weighted by Crippen LogP contribution is -2.58. The monoisotopic (exact) mass is 384 g/mol. The van der Waals surface area contributed by atoms with Crippen molar-refractivity contribution in [3.05, 3.63) is 47.7 Å². The lowest BCUT2D eigenvalue weighted by atomic mass is 9.96. The van der Waals surface area contributed by atoms with Gasteiger partial charge in [-0.2, -0.15) is 0 Å². The predicted molar refractivity (Wildman–Crippen MR) is 106 cm³/mol. The van der Waals surface area contributed by atoms with Gasteiger partial charge in [0.1, 0.15) is 0 Å². The van der Waals surface area contributed by atoms with E-state index in [1.54, 1.807) is 6.08 Å². The van der Waals surface area contributed by atoms with E-state index in [9.17, 15) is 14.4 Å². The molecule has 7 heteroatoms. The number of allylic oxidation sites excluding steroid dienone is 1. The van der Waals surface area contributed by atoms with E-state index in [0.29, 0.717) is 5.70 Å². The molecule has 0 spiro atoms. The summed E-state index contributed by atoms with van der Waals surface area (Å²) in [5.41, 5.74) is 1.89. The molecule has 2 heterocycles. The first-order valence-corrected chi connectivity index (χ1v) is 9.70. The molecule has 2 aliphatic heterocycles. The number of rotatable bonds is 5. The summed E-state index contributed by atoms with van der Waals surface area (Å²) in [5, 5.41) is 3.40. The van der Waals surface area contributed by atoms with Crippen molar-refractivity contribution < 1.29 is 14.4 Å². The van der Waals surface area contributed by atoms with Crippen molar-refractivity contribution in [3.8, 4) is 0 Å². The Labute approximate surface area is 166 Å². The fraction of sp³-hybridized carbons (Fsp3) is 0.476. The minimum absolute atomic E-state index is 0.201. The molecule has 0 saturated carbocycles. The average Bonchev–Trinajstić information content (AvgIpc) is 2.72. The molecule has 1 aromatic rings. The summed E-state index contributed by atoms with van der Waals surface area (Å²) >= 11 is 0. The molecule has 7 nitrogen and oxygen atoms in total. The Bertz CT molecular complexity index is 745. The van der Waals surface area contributed by atoms with Gasteiger partial charge in [0.2, 0.25) is 11.8 Å². The maximum atomic E-state index is 12.6. The van der Waals surface area contributed by atoms with Gasteiger partial charge in [-0.05, 0) is 25.3 Å². The van der Waals surface area contributed by atoms with Crippen molar-refractivity contribution in [1.82, 2.24) is 20.0 Å². The smallest absolute Gasteiger partial charge is 0.332 e. The SMILES string of the molecule is C/C=C(\NC1CCN(Cc2ccccc2)CC1)C1C(=O)N(C)C(=O)N(C)C1=O. The van der Waals surface area contributed by atoms with Crippen LogP contribution in [-0.4, -0.2) is 65.8 Å². The third-order valence-electron chi connectivity index (χ3n) is 5.56. The molecule has 3 rings (SSSR count). The van der Waals surface area contributed by atoms with Crippen LogP contribution in [0.2, 0.25) is 0 Å². The molecular weight excluding hydrogens is 356 g/mol. The number of imide groups is 2. The average molecular weight is 384 g/mol. The number of hydrogen-bond acceptors (Lipinski definition) is 5.